The fourth-order valence-corrected chi connectivity index (χ4v) is 0.321. The van der Waals surface area contributed by atoms with E-state index in [1.807, 2.05) is 20.8 Å². The molecule has 0 heterocycles. The van der Waals surface area contributed by atoms with Crippen LogP contribution in [0, 0.1) is 5.41 Å². The Hall–Kier alpha value is -3.16. The first-order valence-electron chi connectivity index (χ1n) is 6.16. The molecule has 0 saturated heterocycles. The lowest BCUT2D eigenvalue weighted by molar-refractivity contribution is -0.134. The van der Waals surface area contributed by atoms with Gasteiger partial charge < -0.3 is 20.4 Å². The van der Waals surface area contributed by atoms with E-state index in [0.29, 0.717) is 0 Å². The number of hydrogen-bond donors (Lipinski definition) is 4. The molecule has 0 fully saturated rings. The van der Waals surface area contributed by atoms with Crippen LogP contribution in [0.25, 0.3) is 0 Å². The summed E-state index contributed by atoms with van der Waals surface area (Å²) in [6, 6.07) is 0. The van der Waals surface area contributed by atoms with E-state index < -0.39 is 23.9 Å². The van der Waals surface area contributed by atoms with Crippen molar-refractivity contribution < 1.29 is 39.6 Å². The van der Waals surface area contributed by atoms with E-state index in [-0.39, 0.29) is 11.0 Å². The molecular formula is C16H24O8. The predicted octanol–water partition coefficient (Wildman–Crippen LogP) is 2.44. The highest BCUT2D eigenvalue weighted by atomic mass is 16.4. The number of aliphatic carboxylic acids is 4. The Morgan fingerprint density at radius 3 is 0.875 bits per heavy atom. The SMILES string of the molecule is C=C(C(=O)O)C(C)(C)C.C=CC(=O)O.C=CC(=O)O.C=CC(=O)O. The lowest BCUT2D eigenvalue weighted by Crippen LogP contribution is -2.15. The van der Waals surface area contributed by atoms with Gasteiger partial charge in [0.2, 0.25) is 0 Å². The van der Waals surface area contributed by atoms with Gasteiger partial charge in [0.15, 0.2) is 0 Å². The first-order chi connectivity index (χ1) is 10.7. The number of hydrogen-bond acceptors (Lipinski definition) is 4. The van der Waals surface area contributed by atoms with Crippen LogP contribution in [-0.4, -0.2) is 44.3 Å². The lowest BCUT2D eigenvalue weighted by Gasteiger charge is -2.17. The molecule has 0 amide bonds. The van der Waals surface area contributed by atoms with Gasteiger partial charge in [0, 0.05) is 23.8 Å². The second-order valence-electron chi connectivity index (χ2n) is 4.66. The molecule has 0 aromatic carbocycles. The summed E-state index contributed by atoms with van der Waals surface area (Å²) in [5.74, 6) is -3.86. The summed E-state index contributed by atoms with van der Waals surface area (Å²) in [6.45, 7) is 17.8. The molecule has 136 valence electrons. The van der Waals surface area contributed by atoms with E-state index in [9.17, 15) is 19.2 Å². The van der Waals surface area contributed by atoms with Crippen molar-refractivity contribution >= 4 is 23.9 Å². The molecule has 0 aliphatic heterocycles. The maximum atomic E-state index is 10.2. The van der Waals surface area contributed by atoms with Crippen molar-refractivity contribution in [2.24, 2.45) is 5.41 Å². The summed E-state index contributed by atoms with van der Waals surface area (Å²) in [5, 5.41) is 31.2. The van der Waals surface area contributed by atoms with Crippen molar-refractivity contribution in [2.75, 3.05) is 0 Å². The van der Waals surface area contributed by atoms with Gasteiger partial charge in [-0.3, -0.25) is 0 Å². The molecule has 24 heavy (non-hydrogen) atoms. The topological polar surface area (TPSA) is 149 Å². The second kappa shape index (κ2) is 16.2. The van der Waals surface area contributed by atoms with E-state index >= 15 is 0 Å². The Morgan fingerprint density at radius 2 is 0.875 bits per heavy atom. The maximum absolute atomic E-state index is 10.2. The average molecular weight is 344 g/mol. The van der Waals surface area contributed by atoms with E-state index in [1.165, 1.54) is 0 Å². The van der Waals surface area contributed by atoms with Gasteiger partial charge in [0.1, 0.15) is 0 Å². The molecule has 0 radical (unpaired) electrons. The van der Waals surface area contributed by atoms with Gasteiger partial charge >= 0.3 is 23.9 Å². The summed E-state index contributed by atoms with van der Waals surface area (Å²) in [7, 11) is 0. The van der Waals surface area contributed by atoms with Gasteiger partial charge in [-0.2, -0.15) is 0 Å². The highest BCUT2D eigenvalue weighted by Crippen LogP contribution is 2.22. The summed E-state index contributed by atoms with van der Waals surface area (Å²) in [4.78, 5) is 38.0. The van der Waals surface area contributed by atoms with Gasteiger partial charge in [0.05, 0.1) is 0 Å². The minimum absolute atomic E-state index is 0.252. The molecule has 0 spiro atoms. The smallest absolute Gasteiger partial charge is 0.331 e. The van der Waals surface area contributed by atoms with E-state index in [4.69, 9.17) is 20.4 Å². The van der Waals surface area contributed by atoms with Gasteiger partial charge in [-0.1, -0.05) is 47.1 Å². The van der Waals surface area contributed by atoms with Crippen molar-refractivity contribution in [1.82, 2.24) is 0 Å². The minimum Gasteiger partial charge on any atom is -0.478 e. The average Bonchev–Trinajstić information content (AvgIpc) is 2.46. The number of rotatable bonds is 4. The van der Waals surface area contributed by atoms with Crippen LogP contribution in [0.15, 0.2) is 50.1 Å². The predicted molar refractivity (Wildman–Crippen MR) is 89.7 cm³/mol. The summed E-state index contributed by atoms with van der Waals surface area (Å²) >= 11 is 0. The Kier molecular flexibility index (Phi) is 19.5. The molecule has 0 aliphatic rings. The zero-order valence-corrected chi connectivity index (χ0v) is 14.0. The van der Waals surface area contributed by atoms with Crippen molar-refractivity contribution in [3.8, 4) is 0 Å². The van der Waals surface area contributed by atoms with Crippen molar-refractivity contribution in [1.29, 1.82) is 0 Å². The van der Waals surface area contributed by atoms with E-state index in [2.05, 4.69) is 26.3 Å². The third-order valence-corrected chi connectivity index (χ3v) is 1.69. The van der Waals surface area contributed by atoms with Gasteiger partial charge in [0.25, 0.3) is 0 Å². The molecule has 4 N–H and O–H groups in total. The van der Waals surface area contributed by atoms with Crippen LogP contribution in [0.2, 0.25) is 0 Å². The zero-order valence-electron chi connectivity index (χ0n) is 14.0. The van der Waals surface area contributed by atoms with Crippen LogP contribution >= 0.6 is 0 Å². The first kappa shape index (κ1) is 28.9. The van der Waals surface area contributed by atoms with Crippen LogP contribution in [0.5, 0.6) is 0 Å². The molecule has 8 nitrogen and oxygen atoms in total. The molecule has 8 heteroatoms. The van der Waals surface area contributed by atoms with Crippen LogP contribution in [-0.2, 0) is 19.2 Å². The Balaban J connectivity index is -0.000000116. The molecule has 0 saturated carbocycles. The fourth-order valence-electron chi connectivity index (χ4n) is 0.321. The molecular weight excluding hydrogens is 320 g/mol. The quantitative estimate of drug-likeness (QED) is 0.568. The highest BCUT2D eigenvalue weighted by molar-refractivity contribution is 5.87. The summed E-state index contributed by atoms with van der Waals surface area (Å²) in [6.07, 6.45) is 2.50. The lowest BCUT2D eigenvalue weighted by atomic mass is 9.88. The molecule has 0 aromatic heterocycles. The molecule has 0 atom stereocenters. The van der Waals surface area contributed by atoms with Crippen molar-refractivity contribution in [3.05, 3.63) is 50.1 Å². The first-order valence-corrected chi connectivity index (χ1v) is 6.16. The van der Waals surface area contributed by atoms with Crippen LogP contribution in [0.3, 0.4) is 0 Å². The molecule has 0 rings (SSSR count). The third-order valence-electron chi connectivity index (χ3n) is 1.69. The van der Waals surface area contributed by atoms with Crippen molar-refractivity contribution in [2.45, 2.75) is 20.8 Å². The number of carboxylic acids is 4. The number of carboxylic acid groups (broad SMARTS) is 4. The van der Waals surface area contributed by atoms with Gasteiger partial charge in [-0.15, -0.1) is 0 Å². The Morgan fingerprint density at radius 1 is 0.708 bits per heavy atom. The summed E-state index contributed by atoms with van der Waals surface area (Å²) < 4.78 is 0. The van der Waals surface area contributed by atoms with Crippen LogP contribution < -0.4 is 0 Å². The Labute approximate surface area is 140 Å². The molecule has 0 bridgehead atoms. The zero-order chi connectivity index (χ0) is 20.5. The van der Waals surface area contributed by atoms with Crippen LogP contribution in [0.1, 0.15) is 20.8 Å². The maximum Gasteiger partial charge on any atom is 0.331 e. The standard InChI is InChI=1S/C7H12O2.3C3H4O2/c1-5(6(8)9)7(2,3)4;3*1-2-3(4)5/h1H2,2-4H3,(H,8,9);3*2H,1H2,(H,4,5). The molecule has 0 aromatic rings. The third kappa shape index (κ3) is 36.4. The van der Waals surface area contributed by atoms with E-state index in [1.54, 1.807) is 0 Å². The van der Waals surface area contributed by atoms with Gasteiger partial charge in [-0.05, 0) is 5.41 Å². The highest BCUT2D eigenvalue weighted by Gasteiger charge is 2.20. The van der Waals surface area contributed by atoms with Gasteiger partial charge in [-0.25, -0.2) is 19.2 Å². The second-order valence-corrected chi connectivity index (χ2v) is 4.66. The molecule has 0 unspecified atom stereocenters. The number of carbonyl (C=O) groups is 4. The normalized spacial score (nSPS) is 8.12. The van der Waals surface area contributed by atoms with Crippen LogP contribution in [0.4, 0.5) is 0 Å². The largest absolute Gasteiger partial charge is 0.478 e. The van der Waals surface area contributed by atoms with Crippen molar-refractivity contribution in [3.63, 3.8) is 0 Å². The van der Waals surface area contributed by atoms with E-state index in [0.717, 1.165) is 18.2 Å². The summed E-state index contributed by atoms with van der Waals surface area (Å²) in [5.41, 5.74) is -0.0613. The Bertz CT molecular complexity index is 438. The molecule has 0 aliphatic carbocycles. The minimum atomic E-state index is -0.981. The monoisotopic (exact) mass is 344 g/mol. The fraction of sp³-hybridized carbons (Fsp3) is 0.250.